The van der Waals surface area contributed by atoms with Crippen LogP contribution >= 0.6 is 11.6 Å². The van der Waals surface area contributed by atoms with Gasteiger partial charge in [-0.3, -0.25) is 4.57 Å². The molecule has 1 aliphatic rings. The van der Waals surface area contributed by atoms with Gasteiger partial charge in [0.15, 0.2) is 11.4 Å². The number of pyridine rings is 1. The molecule has 12 heteroatoms. The molecule has 8 nitrogen and oxygen atoms in total. The molecule has 1 aliphatic heterocycles. The van der Waals surface area contributed by atoms with Crippen molar-refractivity contribution in [3.05, 3.63) is 63.6 Å². The van der Waals surface area contributed by atoms with Crippen molar-refractivity contribution >= 4 is 22.5 Å². The third-order valence-corrected chi connectivity index (χ3v) is 7.26. The lowest BCUT2D eigenvalue weighted by Crippen LogP contribution is -2.39. The molecule has 36 heavy (non-hydrogen) atoms. The summed E-state index contributed by atoms with van der Waals surface area (Å²) in [7, 11) is 3.21. The molecule has 2 N–H and O–H groups in total. The average Bonchev–Trinajstić information content (AvgIpc) is 3.43. The van der Waals surface area contributed by atoms with E-state index in [1.165, 1.54) is 7.11 Å². The van der Waals surface area contributed by atoms with Crippen LogP contribution in [0, 0.1) is 13.8 Å². The average molecular weight is 521 g/mol. The third kappa shape index (κ3) is 3.40. The van der Waals surface area contributed by atoms with E-state index in [0.717, 1.165) is 12.7 Å². The second-order valence-electron chi connectivity index (χ2n) is 8.92. The van der Waals surface area contributed by atoms with Crippen molar-refractivity contribution in [2.24, 2.45) is 7.05 Å². The van der Waals surface area contributed by atoms with Crippen LogP contribution < -0.4 is 10.1 Å². The van der Waals surface area contributed by atoms with Gasteiger partial charge in [0.1, 0.15) is 23.4 Å². The van der Waals surface area contributed by atoms with Crippen LogP contribution in [0.5, 0.6) is 5.88 Å². The van der Waals surface area contributed by atoms with Crippen molar-refractivity contribution in [3.63, 3.8) is 0 Å². The third-order valence-electron chi connectivity index (χ3n) is 6.83. The molecule has 2 atom stereocenters. The van der Waals surface area contributed by atoms with Gasteiger partial charge in [0.2, 0.25) is 5.88 Å². The molecule has 4 heterocycles. The molecular formula is C24H24ClF3N6O2. The number of nitrogens with zero attached hydrogens (tertiary/aromatic N) is 5. The number of hydrogen-bond donors (Lipinski definition) is 2. The second kappa shape index (κ2) is 8.19. The van der Waals surface area contributed by atoms with Crippen LogP contribution in [0.3, 0.4) is 0 Å². The molecule has 1 unspecified atom stereocenters. The molecule has 190 valence electrons. The van der Waals surface area contributed by atoms with Crippen LogP contribution in [0.25, 0.3) is 16.7 Å². The molecule has 0 aliphatic carbocycles. The van der Waals surface area contributed by atoms with E-state index in [0.29, 0.717) is 39.5 Å². The number of fused-ring (bicyclic) bond motifs is 4. The van der Waals surface area contributed by atoms with Gasteiger partial charge in [0.25, 0.3) is 0 Å². The summed E-state index contributed by atoms with van der Waals surface area (Å²) in [5, 5.41) is 15.3. The predicted molar refractivity (Wildman–Crippen MR) is 128 cm³/mol. The van der Waals surface area contributed by atoms with Crippen molar-refractivity contribution in [2.75, 3.05) is 7.11 Å². The van der Waals surface area contributed by atoms with Crippen molar-refractivity contribution in [3.8, 4) is 11.7 Å². The summed E-state index contributed by atoms with van der Waals surface area (Å²) in [6.45, 7) is 4.50. The summed E-state index contributed by atoms with van der Waals surface area (Å²) < 4.78 is 48.1. The number of nitrogens with one attached hydrogen (secondary N) is 1. The van der Waals surface area contributed by atoms with Crippen molar-refractivity contribution in [1.82, 2.24) is 29.4 Å². The number of aryl methyl sites for hydroxylation is 2. The Bertz CT molecular complexity index is 1510. The van der Waals surface area contributed by atoms with E-state index in [9.17, 15) is 18.3 Å². The highest BCUT2D eigenvalue weighted by atomic mass is 35.5. The highest BCUT2D eigenvalue weighted by Gasteiger charge is 2.49. The molecule has 4 aromatic rings. The van der Waals surface area contributed by atoms with Gasteiger partial charge >= 0.3 is 6.18 Å². The number of hydrogen-bond acceptors (Lipinski definition) is 6. The Balaban J connectivity index is 1.67. The fourth-order valence-electron chi connectivity index (χ4n) is 4.69. The molecule has 0 amide bonds. The lowest BCUT2D eigenvalue weighted by atomic mass is 9.88. The first-order chi connectivity index (χ1) is 16.9. The van der Waals surface area contributed by atoms with Crippen molar-refractivity contribution in [2.45, 2.75) is 45.1 Å². The van der Waals surface area contributed by atoms with Crippen LogP contribution in [0.4, 0.5) is 13.2 Å². The Morgan fingerprint density at radius 2 is 1.94 bits per heavy atom. The first-order valence-corrected chi connectivity index (χ1v) is 11.5. The van der Waals surface area contributed by atoms with E-state index >= 15 is 0 Å². The zero-order valence-corrected chi connectivity index (χ0v) is 21.0. The van der Waals surface area contributed by atoms with Gasteiger partial charge in [-0.05, 0) is 38.5 Å². The van der Waals surface area contributed by atoms with E-state index in [1.54, 1.807) is 24.4 Å². The molecule has 5 rings (SSSR count). The van der Waals surface area contributed by atoms with Crippen LogP contribution in [-0.4, -0.2) is 48.5 Å². The van der Waals surface area contributed by atoms with E-state index in [1.807, 2.05) is 30.0 Å². The molecule has 3 aromatic heterocycles. The summed E-state index contributed by atoms with van der Waals surface area (Å²) in [5.41, 5.74) is 0.781. The van der Waals surface area contributed by atoms with Crippen LogP contribution in [0.1, 0.15) is 41.1 Å². The van der Waals surface area contributed by atoms with Crippen molar-refractivity contribution in [1.29, 1.82) is 0 Å². The van der Waals surface area contributed by atoms with Gasteiger partial charge in [0.05, 0.1) is 29.5 Å². The molecule has 0 spiro atoms. The first kappa shape index (κ1) is 24.5. The van der Waals surface area contributed by atoms with E-state index in [-0.39, 0.29) is 23.0 Å². The lowest BCUT2D eigenvalue weighted by Gasteiger charge is -2.25. The summed E-state index contributed by atoms with van der Waals surface area (Å²) in [6.07, 6.45) is -2.80. The Hall–Kier alpha value is -3.15. The zero-order chi connectivity index (χ0) is 26.2. The maximum atomic E-state index is 13.1. The van der Waals surface area contributed by atoms with E-state index < -0.39 is 17.8 Å². The number of benzene rings is 1. The maximum Gasteiger partial charge on any atom is 0.403 e. The molecule has 0 saturated carbocycles. The SMILES string of the molecule is COc1nc2ccc(C3(O)c4c(nc(C)n4C)-n4c3cnc4C)cc2c(Cl)c1CN[C@H](C)C(F)(F)F. The Labute approximate surface area is 209 Å². The van der Waals surface area contributed by atoms with Gasteiger partial charge in [-0.2, -0.15) is 13.2 Å². The maximum absolute atomic E-state index is 13.1. The molecule has 0 radical (unpaired) electrons. The number of ether oxygens (including phenoxy) is 1. The largest absolute Gasteiger partial charge is 0.481 e. The summed E-state index contributed by atoms with van der Waals surface area (Å²) >= 11 is 6.73. The smallest absolute Gasteiger partial charge is 0.403 e. The minimum atomic E-state index is -4.41. The number of methoxy groups -OCH3 is 1. The molecule has 0 saturated heterocycles. The van der Waals surface area contributed by atoms with Gasteiger partial charge in [0, 0.05) is 24.5 Å². The number of aliphatic hydroxyl groups is 1. The molecule has 0 bridgehead atoms. The summed E-state index contributed by atoms with van der Waals surface area (Å²) in [5.74, 6) is 2.11. The number of halogens is 4. The fraction of sp³-hybridized carbons (Fsp3) is 0.375. The minimum Gasteiger partial charge on any atom is -0.481 e. The molecule has 0 fully saturated rings. The molecule has 1 aromatic carbocycles. The predicted octanol–water partition coefficient (Wildman–Crippen LogP) is 4.07. The number of imidazole rings is 2. The van der Waals surface area contributed by atoms with Crippen LogP contribution in [0.2, 0.25) is 5.02 Å². The lowest BCUT2D eigenvalue weighted by molar-refractivity contribution is -0.151. The first-order valence-electron chi connectivity index (χ1n) is 11.2. The van der Waals surface area contributed by atoms with Gasteiger partial charge in [-0.1, -0.05) is 17.7 Å². The van der Waals surface area contributed by atoms with E-state index in [2.05, 4.69) is 20.3 Å². The summed E-state index contributed by atoms with van der Waals surface area (Å²) in [6, 6.07) is 3.38. The summed E-state index contributed by atoms with van der Waals surface area (Å²) in [4.78, 5) is 13.5. The second-order valence-corrected chi connectivity index (χ2v) is 9.29. The minimum absolute atomic E-state index is 0.125. The quantitative estimate of drug-likeness (QED) is 0.412. The normalized spacial score (nSPS) is 17.9. The Kier molecular flexibility index (Phi) is 5.58. The molecular weight excluding hydrogens is 497 g/mol. The number of alkyl halides is 3. The standard InChI is InChI=1S/C24H24ClF3N6O2/c1-11(24(26,27)28)29-9-16-19(25)15-8-14(6-7-17(15)32-22(16)36-5)23(35)18-10-30-12(2)34(18)21-20(23)33(4)13(3)31-21/h6-8,10-11,29,35H,9H2,1-5H3/t11-,23?/m1/s1. The highest BCUT2D eigenvalue weighted by Crippen LogP contribution is 2.47. The Morgan fingerprint density at radius 1 is 1.22 bits per heavy atom. The fourth-order valence-corrected chi connectivity index (χ4v) is 4.99. The van der Waals surface area contributed by atoms with E-state index in [4.69, 9.17) is 16.3 Å². The monoisotopic (exact) mass is 520 g/mol. The van der Waals surface area contributed by atoms with Crippen LogP contribution in [0.15, 0.2) is 24.4 Å². The van der Waals surface area contributed by atoms with Gasteiger partial charge in [-0.25, -0.2) is 15.0 Å². The van der Waals surface area contributed by atoms with Crippen LogP contribution in [-0.2, 0) is 19.2 Å². The number of aromatic nitrogens is 5. The number of rotatable bonds is 5. The topological polar surface area (TPSA) is 90.0 Å². The zero-order valence-electron chi connectivity index (χ0n) is 20.2. The Morgan fingerprint density at radius 3 is 2.61 bits per heavy atom. The van der Waals surface area contributed by atoms with Gasteiger partial charge in [-0.15, -0.1) is 0 Å². The highest BCUT2D eigenvalue weighted by molar-refractivity contribution is 6.36. The van der Waals surface area contributed by atoms with Gasteiger partial charge < -0.3 is 19.7 Å². The van der Waals surface area contributed by atoms with Crippen molar-refractivity contribution < 1.29 is 23.0 Å².